The van der Waals surface area contributed by atoms with E-state index in [1.807, 2.05) is 19.1 Å². The lowest BCUT2D eigenvalue weighted by Gasteiger charge is -2.29. The van der Waals surface area contributed by atoms with Crippen LogP contribution in [0.1, 0.15) is 32.6 Å². The highest BCUT2D eigenvalue weighted by molar-refractivity contribution is 9.10. The van der Waals surface area contributed by atoms with Crippen molar-refractivity contribution in [1.82, 2.24) is 0 Å². The van der Waals surface area contributed by atoms with E-state index < -0.39 is 0 Å². The van der Waals surface area contributed by atoms with Crippen LogP contribution in [0.15, 0.2) is 16.6 Å². The highest BCUT2D eigenvalue weighted by Gasteiger charge is 2.22. The van der Waals surface area contributed by atoms with Gasteiger partial charge in [-0.3, -0.25) is 0 Å². The van der Waals surface area contributed by atoms with E-state index in [-0.39, 0.29) is 0 Å². The Balaban J connectivity index is 2.08. The van der Waals surface area contributed by atoms with Gasteiger partial charge in [0.05, 0.1) is 22.9 Å². The van der Waals surface area contributed by atoms with Gasteiger partial charge in [-0.1, -0.05) is 11.6 Å². The van der Waals surface area contributed by atoms with Crippen LogP contribution in [0.5, 0.6) is 5.75 Å². The van der Waals surface area contributed by atoms with E-state index in [9.17, 15) is 0 Å². The van der Waals surface area contributed by atoms with Gasteiger partial charge in [0.25, 0.3) is 0 Å². The molecule has 0 heterocycles. The van der Waals surface area contributed by atoms with E-state index in [0.29, 0.717) is 23.8 Å². The van der Waals surface area contributed by atoms with Gasteiger partial charge in [-0.15, -0.1) is 0 Å². The average molecular weight is 363 g/mol. The van der Waals surface area contributed by atoms with Gasteiger partial charge in [0.15, 0.2) is 5.75 Å². The summed E-state index contributed by atoms with van der Waals surface area (Å²) in [5.74, 6) is 0.839. The van der Waals surface area contributed by atoms with Gasteiger partial charge in [0.1, 0.15) is 0 Å². The van der Waals surface area contributed by atoms with Gasteiger partial charge < -0.3 is 14.8 Å². The van der Waals surface area contributed by atoms with Gasteiger partial charge in [0.2, 0.25) is 0 Å². The Morgan fingerprint density at radius 1 is 1.30 bits per heavy atom. The van der Waals surface area contributed by atoms with Crippen molar-refractivity contribution in [3.05, 3.63) is 21.6 Å². The molecule has 0 saturated heterocycles. The van der Waals surface area contributed by atoms with Gasteiger partial charge >= 0.3 is 0 Å². The van der Waals surface area contributed by atoms with Crippen LogP contribution in [0.2, 0.25) is 5.02 Å². The fraction of sp³-hybridized carbons (Fsp3) is 0.600. The first-order valence-corrected chi connectivity index (χ1v) is 8.22. The van der Waals surface area contributed by atoms with Crippen LogP contribution < -0.4 is 10.1 Å². The molecular weight excluding hydrogens is 342 g/mol. The van der Waals surface area contributed by atoms with Gasteiger partial charge in [-0.2, -0.15) is 0 Å². The summed E-state index contributed by atoms with van der Waals surface area (Å²) in [5, 5.41) is 4.27. The quantitative estimate of drug-likeness (QED) is 0.810. The minimum Gasteiger partial charge on any atom is -0.491 e. The fourth-order valence-corrected chi connectivity index (χ4v) is 3.55. The maximum absolute atomic E-state index is 6.14. The number of ether oxygens (including phenoxy) is 2. The third kappa shape index (κ3) is 4.03. The number of nitrogens with one attached hydrogen (secondary N) is 1. The summed E-state index contributed by atoms with van der Waals surface area (Å²) in [5.41, 5.74) is 0.965. The van der Waals surface area contributed by atoms with E-state index in [1.165, 1.54) is 0 Å². The number of benzene rings is 1. The Morgan fingerprint density at radius 3 is 2.60 bits per heavy atom. The Kier molecular flexibility index (Phi) is 6.00. The van der Waals surface area contributed by atoms with Crippen molar-refractivity contribution in [2.45, 2.75) is 44.8 Å². The topological polar surface area (TPSA) is 30.5 Å². The SMILES string of the molecule is CCOc1c(Br)cc(Cl)cc1NC1CCC(OC)CC1. The summed E-state index contributed by atoms with van der Waals surface area (Å²) in [4.78, 5) is 0. The second-order valence-corrected chi connectivity index (χ2v) is 6.34. The molecule has 1 aliphatic rings. The molecule has 5 heteroatoms. The predicted molar refractivity (Wildman–Crippen MR) is 87.0 cm³/mol. The Morgan fingerprint density at radius 2 is 2.00 bits per heavy atom. The molecule has 2 rings (SSSR count). The number of methoxy groups -OCH3 is 1. The van der Waals surface area contributed by atoms with Crippen LogP contribution in [-0.4, -0.2) is 25.9 Å². The summed E-state index contributed by atoms with van der Waals surface area (Å²) >= 11 is 9.66. The average Bonchev–Trinajstić information content (AvgIpc) is 2.43. The van der Waals surface area contributed by atoms with Gasteiger partial charge in [0, 0.05) is 18.2 Å². The van der Waals surface area contributed by atoms with E-state index in [4.69, 9.17) is 21.1 Å². The molecule has 0 aromatic heterocycles. The van der Waals surface area contributed by atoms with Crippen LogP contribution in [0.25, 0.3) is 0 Å². The molecule has 0 bridgehead atoms. The molecule has 3 nitrogen and oxygen atoms in total. The highest BCUT2D eigenvalue weighted by Crippen LogP contribution is 2.38. The third-order valence-corrected chi connectivity index (χ3v) is 4.47. The molecule has 0 aliphatic heterocycles. The molecule has 0 atom stereocenters. The lowest BCUT2D eigenvalue weighted by atomic mass is 9.93. The molecule has 1 aromatic carbocycles. The normalized spacial score (nSPS) is 22.6. The van der Waals surface area contributed by atoms with Crippen molar-refractivity contribution in [1.29, 1.82) is 0 Å². The third-order valence-electron chi connectivity index (χ3n) is 3.66. The lowest BCUT2D eigenvalue weighted by molar-refractivity contribution is 0.0681. The number of anilines is 1. The number of hydrogen-bond acceptors (Lipinski definition) is 3. The molecular formula is C15H21BrClNO2. The standard InChI is InChI=1S/C15H21BrClNO2/c1-3-20-15-13(16)8-10(17)9-14(15)18-11-4-6-12(19-2)7-5-11/h8-9,11-12,18H,3-7H2,1-2H3. The Bertz CT molecular complexity index is 448. The van der Waals surface area contributed by atoms with E-state index >= 15 is 0 Å². The first-order valence-electron chi connectivity index (χ1n) is 7.05. The minimum absolute atomic E-state index is 0.408. The van der Waals surface area contributed by atoms with Crippen molar-refractivity contribution in [3.8, 4) is 5.75 Å². The number of halogens is 2. The van der Waals surface area contributed by atoms with E-state index in [1.54, 1.807) is 7.11 Å². The maximum atomic E-state index is 6.14. The molecule has 1 fully saturated rings. The van der Waals surface area contributed by atoms with Crippen molar-refractivity contribution in [2.75, 3.05) is 19.0 Å². The van der Waals surface area contributed by atoms with Crippen LogP contribution in [-0.2, 0) is 4.74 Å². The molecule has 1 aliphatic carbocycles. The highest BCUT2D eigenvalue weighted by atomic mass is 79.9. The van der Waals surface area contributed by atoms with E-state index in [0.717, 1.165) is 41.6 Å². The molecule has 0 radical (unpaired) electrons. The molecule has 0 spiro atoms. The van der Waals surface area contributed by atoms with Gasteiger partial charge in [-0.25, -0.2) is 0 Å². The molecule has 0 unspecified atom stereocenters. The zero-order valence-electron chi connectivity index (χ0n) is 11.9. The van der Waals surface area contributed by atoms with Crippen molar-refractivity contribution >= 4 is 33.2 Å². The Labute approximate surface area is 134 Å². The summed E-state index contributed by atoms with van der Waals surface area (Å²) < 4.78 is 12.0. The molecule has 1 aromatic rings. The van der Waals surface area contributed by atoms with Crippen LogP contribution >= 0.6 is 27.5 Å². The molecule has 20 heavy (non-hydrogen) atoms. The maximum Gasteiger partial charge on any atom is 0.156 e. The number of rotatable bonds is 5. The Hall–Kier alpha value is -0.450. The van der Waals surface area contributed by atoms with E-state index in [2.05, 4.69) is 21.2 Å². The summed E-state index contributed by atoms with van der Waals surface area (Å²) in [6.07, 6.45) is 4.81. The summed E-state index contributed by atoms with van der Waals surface area (Å²) in [6.45, 7) is 2.61. The van der Waals surface area contributed by atoms with Crippen LogP contribution in [0.3, 0.4) is 0 Å². The lowest BCUT2D eigenvalue weighted by Crippen LogP contribution is -2.29. The largest absolute Gasteiger partial charge is 0.491 e. The van der Waals surface area contributed by atoms with Crippen LogP contribution in [0, 0.1) is 0 Å². The molecule has 1 saturated carbocycles. The summed E-state index contributed by atoms with van der Waals surface area (Å²) in [6, 6.07) is 4.24. The number of hydrogen-bond donors (Lipinski definition) is 1. The zero-order valence-corrected chi connectivity index (χ0v) is 14.3. The monoisotopic (exact) mass is 361 g/mol. The summed E-state index contributed by atoms with van der Waals surface area (Å²) in [7, 11) is 1.79. The minimum atomic E-state index is 0.408. The molecule has 1 N–H and O–H groups in total. The second-order valence-electron chi connectivity index (χ2n) is 5.05. The fourth-order valence-electron chi connectivity index (χ4n) is 2.62. The van der Waals surface area contributed by atoms with Crippen LogP contribution in [0.4, 0.5) is 5.69 Å². The smallest absolute Gasteiger partial charge is 0.156 e. The van der Waals surface area contributed by atoms with Crippen molar-refractivity contribution in [2.24, 2.45) is 0 Å². The van der Waals surface area contributed by atoms with Crippen molar-refractivity contribution < 1.29 is 9.47 Å². The van der Waals surface area contributed by atoms with Crippen molar-refractivity contribution in [3.63, 3.8) is 0 Å². The van der Waals surface area contributed by atoms with Gasteiger partial charge in [-0.05, 0) is 60.7 Å². The molecule has 112 valence electrons. The first-order chi connectivity index (χ1) is 9.63. The zero-order chi connectivity index (χ0) is 14.5. The predicted octanol–water partition coefficient (Wildman–Crippen LogP) is 4.87. The first kappa shape index (κ1) is 15.9. The second kappa shape index (κ2) is 7.53. The molecule has 0 amide bonds.